The van der Waals surface area contributed by atoms with Crippen molar-refractivity contribution in [2.75, 3.05) is 0 Å². The smallest absolute Gasteiger partial charge is 0.303 e. The zero-order valence-corrected chi connectivity index (χ0v) is 10.7. The highest BCUT2D eigenvalue weighted by atomic mass is 16.5. The van der Waals surface area contributed by atoms with E-state index in [1.165, 1.54) is 0 Å². The normalized spacial score (nSPS) is 11.7. The van der Waals surface area contributed by atoms with E-state index in [2.05, 4.69) is 30.9 Å². The molecule has 0 unspecified atom stereocenters. The molecule has 0 aliphatic carbocycles. The third-order valence-electron chi connectivity index (χ3n) is 2.23. The van der Waals surface area contributed by atoms with Crippen LogP contribution in [0.5, 0.6) is 0 Å². The maximum absolute atomic E-state index is 10.3. The van der Waals surface area contributed by atoms with Crippen LogP contribution in [0, 0.1) is 5.41 Å². The van der Waals surface area contributed by atoms with Gasteiger partial charge in [0, 0.05) is 19.3 Å². The van der Waals surface area contributed by atoms with Crippen molar-refractivity contribution < 1.29 is 14.4 Å². The van der Waals surface area contributed by atoms with Crippen molar-refractivity contribution in [1.82, 2.24) is 10.1 Å². The molecule has 1 N–H and O–H groups in total. The van der Waals surface area contributed by atoms with E-state index in [1.807, 2.05) is 0 Å². The maximum Gasteiger partial charge on any atom is 0.303 e. The van der Waals surface area contributed by atoms with Crippen LogP contribution in [0.3, 0.4) is 0 Å². The predicted molar refractivity (Wildman–Crippen MR) is 62.6 cm³/mol. The van der Waals surface area contributed by atoms with Gasteiger partial charge in [-0.15, -0.1) is 0 Å². The summed E-state index contributed by atoms with van der Waals surface area (Å²) in [5, 5.41) is 12.4. The number of rotatable bonds is 6. The second-order valence-corrected chi connectivity index (χ2v) is 5.44. The van der Waals surface area contributed by atoms with Crippen LogP contribution in [0.4, 0.5) is 0 Å². The lowest BCUT2D eigenvalue weighted by Crippen LogP contribution is -2.10. The molecule has 0 saturated carbocycles. The molecule has 96 valence electrons. The fraction of sp³-hybridized carbons (Fsp3) is 0.750. The summed E-state index contributed by atoms with van der Waals surface area (Å²) in [7, 11) is 0. The molecule has 0 radical (unpaired) electrons. The lowest BCUT2D eigenvalue weighted by atomic mass is 9.92. The number of unbranched alkanes of at least 4 members (excludes halogenated alkanes) is 1. The number of hydrogen-bond acceptors (Lipinski definition) is 4. The van der Waals surface area contributed by atoms with Crippen LogP contribution in [0.15, 0.2) is 4.52 Å². The molecular formula is C12H20N2O3. The molecule has 1 heterocycles. The summed E-state index contributed by atoms with van der Waals surface area (Å²) >= 11 is 0. The van der Waals surface area contributed by atoms with Crippen LogP contribution in [0.1, 0.15) is 51.7 Å². The summed E-state index contributed by atoms with van der Waals surface area (Å²) in [6.45, 7) is 6.36. The Bertz CT molecular complexity index is 366. The van der Waals surface area contributed by atoms with E-state index < -0.39 is 5.97 Å². The quantitative estimate of drug-likeness (QED) is 0.773. The van der Waals surface area contributed by atoms with Gasteiger partial charge in [0.25, 0.3) is 0 Å². The fourth-order valence-corrected chi connectivity index (χ4v) is 1.49. The number of aromatic nitrogens is 2. The van der Waals surface area contributed by atoms with Crippen LogP contribution in [0.25, 0.3) is 0 Å². The summed E-state index contributed by atoms with van der Waals surface area (Å²) in [4.78, 5) is 14.6. The zero-order valence-electron chi connectivity index (χ0n) is 10.7. The maximum atomic E-state index is 10.3. The Morgan fingerprint density at radius 1 is 1.35 bits per heavy atom. The third-order valence-corrected chi connectivity index (χ3v) is 2.23. The second-order valence-electron chi connectivity index (χ2n) is 5.44. The molecule has 17 heavy (non-hydrogen) atoms. The molecule has 0 fully saturated rings. The number of aryl methyl sites for hydroxylation is 1. The molecule has 1 aromatic rings. The van der Waals surface area contributed by atoms with Crippen molar-refractivity contribution in [1.29, 1.82) is 0 Å². The molecule has 0 atom stereocenters. The van der Waals surface area contributed by atoms with Crippen molar-refractivity contribution in [3.63, 3.8) is 0 Å². The molecule has 5 nitrogen and oxygen atoms in total. The number of carboxylic acid groups (broad SMARTS) is 1. The molecule has 0 aromatic carbocycles. The molecule has 1 aromatic heterocycles. The first kappa shape index (κ1) is 13.7. The van der Waals surface area contributed by atoms with Gasteiger partial charge in [0.05, 0.1) is 0 Å². The summed E-state index contributed by atoms with van der Waals surface area (Å²) in [5.74, 6) is 0.573. The molecule has 0 amide bonds. The minimum absolute atomic E-state index is 0.143. The first-order chi connectivity index (χ1) is 7.87. The number of aliphatic carboxylic acids is 1. The average Bonchev–Trinajstić information content (AvgIpc) is 2.57. The van der Waals surface area contributed by atoms with Crippen molar-refractivity contribution in [3.05, 3.63) is 11.7 Å². The van der Waals surface area contributed by atoms with Gasteiger partial charge in [0.1, 0.15) is 0 Å². The topological polar surface area (TPSA) is 76.2 Å². The lowest BCUT2D eigenvalue weighted by Gasteiger charge is -2.14. The number of carboxylic acids is 1. The molecule has 0 aliphatic rings. The van der Waals surface area contributed by atoms with Gasteiger partial charge in [-0.05, 0) is 18.3 Å². The van der Waals surface area contributed by atoms with Crippen LogP contribution in [0.2, 0.25) is 0 Å². The van der Waals surface area contributed by atoms with Gasteiger partial charge in [0.15, 0.2) is 5.82 Å². The molecule has 1 rings (SSSR count). The molecular weight excluding hydrogens is 220 g/mol. The number of hydrogen-bond donors (Lipinski definition) is 1. The fourth-order valence-electron chi connectivity index (χ4n) is 1.49. The van der Waals surface area contributed by atoms with E-state index in [1.54, 1.807) is 0 Å². The van der Waals surface area contributed by atoms with Crippen molar-refractivity contribution in [2.45, 2.75) is 52.9 Å². The monoisotopic (exact) mass is 240 g/mol. The van der Waals surface area contributed by atoms with Gasteiger partial charge >= 0.3 is 5.97 Å². The Morgan fingerprint density at radius 3 is 2.65 bits per heavy atom. The number of nitrogens with zero attached hydrogens (tertiary/aromatic N) is 2. The minimum atomic E-state index is -0.760. The van der Waals surface area contributed by atoms with E-state index in [0.29, 0.717) is 18.7 Å². The zero-order chi connectivity index (χ0) is 12.9. The average molecular weight is 240 g/mol. The van der Waals surface area contributed by atoms with Gasteiger partial charge in [-0.3, -0.25) is 4.79 Å². The van der Waals surface area contributed by atoms with E-state index in [0.717, 1.165) is 18.7 Å². The number of carbonyl (C=O) groups is 1. The Hall–Kier alpha value is -1.39. The van der Waals surface area contributed by atoms with Crippen LogP contribution >= 0.6 is 0 Å². The summed E-state index contributed by atoms with van der Waals surface area (Å²) in [5.41, 5.74) is 0.143. The largest absolute Gasteiger partial charge is 0.481 e. The Kier molecular flexibility index (Phi) is 4.66. The SMILES string of the molecule is CC(C)(C)Cc1noc(CCCCC(=O)O)n1. The van der Waals surface area contributed by atoms with Crippen LogP contribution in [-0.2, 0) is 17.6 Å². The molecule has 0 aliphatic heterocycles. The summed E-state index contributed by atoms with van der Waals surface area (Å²) in [6, 6.07) is 0. The van der Waals surface area contributed by atoms with Gasteiger partial charge in [-0.25, -0.2) is 0 Å². The van der Waals surface area contributed by atoms with Gasteiger partial charge in [0.2, 0.25) is 5.89 Å². The van der Waals surface area contributed by atoms with E-state index in [9.17, 15) is 4.79 Å². The second kappa shape index (κ2) is 5.80. The van der Waals surface area contributed by atoms with Gasteiger partial charge in [-0.1, -0.05) is 25.9 Å². The first-order valence-corrected chi connectivity index (χ1v) is 5.90. The van der Waals surface area contributed by atoms with Crippen molar-refractivity contribution >= 4 is 5.97 Å². The Balaban J connectivity index is 2.33. The highest BCUT2D eigenvalue weighted by Crippen LogP contribution is 2.18. The van der Waals surface area contributed by atoms with Crippen molar-refractivity contribution in [3.8, 4) is 0 Å². The Labute approximate surface area is 101 Å². The Morgan fingerprint density at radius 2 is 2.06 bits per heavy atom. The third kappa shape index (κ3) is 6.04. The van der Waals surface area contributed by atoms with Crippen LogP contribution < -0.4 is 0 Å². The summed E-state index contributed by atoms with van der Waals surface area (Å²) < 4.78 is 5.11. The molecule has 0 bridgehead atoms. The molecule has 0 spiro atoms. The van der Waals surface area contributed by atoms with E-state index in [-0.39, 0.29) is 11.8 Å². The van der Waals surface area contributed by atoms with E-state index in [4.69, 9.17) is 9.63 Å². The van der Waals surface area contributed by atoms with Crippen molar-refractivity contribution in [2.24, 2.45) is 5.41 Å². The molecule has 0 saturated heterocycles. The highest BCUT2D eigenvalue weighted by Gasteiger charge is 2.16. The summed E-state index contributed by atoms with van der Waals surface area (Å²) in [6.07, 6.45) is 3.05. The van der Waals surface area contributed by atoms with Crippen LogP contribution in [-0.4, -0.2) is 21.2 Å². The van der Waals surface area contributed by atoms with Gasteiger partial charge < -0.3 is 9.63 Å². The highest BCUT2D eigenvalue weighted by molar-refractivity contribution is 5.66. The standard InChI is InChI=1S/C12H20N2O3/c1-12(2,3)8-9-13-10(17-14-9)6-4-5-7-11(15)16/h4-8H2,1-3H3,(H,15,16). The molecule has 5 heteroatoms. The van der Waals surface area contributed by atoms with E-state index >= 15 is 0 Å². The van der Waals surface area contributed by atoms with Gasteiger partial charge in [-0.2, -0.15) is 4.98 Å². The lowest BCUT2D eigenvalue weighted by molar-refractivity contribution is -0.137. The minimum Gasteiger partial charge on any atom is -0.481 e. The predicted octanol–water partition coefficient (Wildman–Crippen LogP) is 2.46. The first-order valence-electron chi connectivity index (χ1n) is 5.90.